The van der Waals surface area contributed by atoms with Crippen LogP contribution < -0.4 is 11.1 Å². The van der Waals surface area contributed by atoms with E-state index in [0.717, 1.165) is 6.07 Å². The van der Waals surface area contributed by atoms with E-state index in [1.807, 2.05) is 0 Å². The molecule has 15 heavy (non-hydrogen) atoms. The summed E-state index contributed by atoms with van der Waals surface area (Å²) in [5.74, 6) is -1.01. The minimum Gasteiger partial charge on any atom is -0.398 e. The first-order valence-corrected chi connectivity index (χ1v) is 4.51. The van der Waals surface area contributed by atoms with Gasteiger partial charge in [-0.05, 0) is 25.1 Å². The Balaban J connectivity index is 2.86. The minimum atomic E-state index is -0.522. The third kappa shape index (κ3) is 2.92. The predicted molar refractivity (Wildman–Crippen MR) is 54.8 cm³/mol. The molecule has 82 valence electrons. The van der Waals surface area contributed by atoms with Crippen LogP contribution in [0.2, 0.25) is 0 Å². The Bertz CT molecular complexity index is 368. The Morgan fingerprint density at radius 1 is 1.67 bits per heavy atom. The Kier molecular flexibility index (Phi) is 3.62. The summed E-state index contributed by atoms with van der Waals surface area (Å²) in [5, 5.41) is 11.2. The number of rotatable bonds is 3. The highest BCUT2D eigenvalue weighted by Gasteiger charge is 2.12. The lowest BCUT2D eigenvalue weighted by molar-refractivity contribution is 0.0923. The average Bonchev–Trinajstić information content (AvgIpc) is 2.21. The average molecular weight is 212 g/mol. The van der Waals surface area contributed by atoms with E-state index >= 15 is 0 Å². The summed E-state index contributed by atoms with van der Waals surface area (Å²) in [5.41, 5.74) is 5.80. The van der Waals surface area contributed by atoms with Crippen molar-refractivity contribution >= 4 is 11.6 Å². The molecule has 5 heteroatoms. The highest BCUT2D eigenvalue weighted by atomic mass is 19.1. The Morgan fingerprint density at radius 3 is 2.93 bits per heavy atom. The van der Waals surface area contributed by atoms with E-state index in [0.29, 0.717) is 0 Å². The smallest absolute Gasteiger partial charge is 0.253 e. The van der Waals surface area contributed by atoms with Crippen LogP contribution in [0.3, 0.4) is 0 Å². The molecule has 0 bridgehead atoms. The van der Waals surface area contributed by atoms with Gasteiger partial charge in [-0.2, -0.15) is 0 Å². The molecule has 1 amide bonds. The van der Waals surface area contributed by atoms with Gasteiger partial charge in [0.05, 0.1) is 12.2 Å². The molecule has 0 aliphatic rings. The van der Waals surface area contributed by atoms with Crippen molar-refractivity contribution in [2.75, 3.05) is 12.3 Å². The largest absolute Gasteiger partial charge is 0.398 e. The summed E-state index contributed by atoms with van der Waals surface area (Å²) in [4.78, 5) is 11.5. The summed E-state index contributed by atoms with van der Waals surface area (Å²) in [6.07, 6.45) is 0. The lowest BCUT2D eigenvalue weighted by Crippen LogP contribution is -2.35. The Hall–Kier alpha value is -1.62. The number of halogens is 1. The van der Waals surface area contributed by atoms with Crippen molar-refractivity contribution in [2.24, 2.45) is 0 Å². The van der Waals surface area contributed by atoms with Crippen LogP contribution in [0.5, 0.6) is 0 Å². The molecule has 0 fully saturated rings. The van der Waals surface area contributed by atoms with Gasteiger partial charge in [-0.15, -0.1) is 0 Å². The number of anilines is 1. The number of amides is 1. The first-order chi connectivity index (χ1) is 7.04. The zero-order valence-corrected chi connectivity index (χ0v) is 8.33. The molecular formula is C10H13FN2O2. The van der Waals surface area contributed by atoms with Gasteiger partial charge in [0, 0.05) is 11.7 Å². The van der Waals surface area contributed by atoms with Crippen LogP contribution in [0.1, 0.15) is 17.3 Å². The van der Waals surface area contributed by atoms with Gasteiger partial charge in [-0.1, -0.05) is 0 Å². The van der Waals surface area contributed by atoms with E-state index in [9.17, 15) is 9.18 Å². The standard InChI is InChI=1S/C10H13FN2O2/c1-6(5-14)13-10(15)8-4-7(11)2-3-9(8)12/h2-4,6,14H,5,12H2,1H3,(H,13,15)/t6-/m0/s1. The van der Waals surface area contributed by atoms with Crippen molar-refractivity contribution < 1.29 is 14.3 Å². The number of nitrogens with one attached hydrogen (secondary N) is 1. The summed E-state index contributed by atoms with van der Waals surface area (Å²) in [7, 11) is 0. The lowest BCUT2D eigenvalue weighted by Gasteiger charge is -2.11. The monoisotopic (exact) mass is 212 g/mol. The number of aliphatic hydroxyl groups is 1. The molecule has 1 rings (SSSR count). The number of hydrogen-bond donors (Lipinski definition) is 3. The van der Waals surface area contributed by atoms with Crippen molar-refractivity contribution in [2.45, 2.75) is 13.0 Å². The van der Waals surface area contributed by atoms with Gasteiger partial charge in [0.15, 0.2) is 0 Å². The first kappa shape index (κ1) is 11.5. The molecule has 0 aromatic heterocycles. The number of benzene rings is 1. The molecule has 0 saturated heterocycles. The Labute approximate surface area is 86.9 Å². The molecule has 0 heterocycles. The zero-order chi connectivity index (χ0) is 11.4. The summed E-state index contributed by atoms with van der Waals surface area (Å²) in [6.45, 7) is 1.45. The maximum atomic E-state index is 12.8. The second-order valence-corrected chi connectivity index (χ2v) is 3.29. The number of nitrogen functional groups attached to an aromatic ring is 1. The van der Waals surface area contributed by atoms with Gasteiger partial charge >= 0.3 is 0 Å². The molecule has 0 aliphatic heterocycles. The van der Waals surface area contributed by atoms with Crippen LogP contribution in [0.4, 0.5) is 10.1 Å². The van der Waals surface area contributed by atoms with Crippen LogP contribution in [-0.2, 0) is 0 Å². The van der Waals surface area contributed by atoms with E-state index in [1.165, 1.54) is 12.1 Å². The van der Waals surface area contributed by atoms with E-state index in [1.54, 1.807) is 6.92 Å². The van der Waals surface area contributed by atoms with Gasteiger partial charge in [0.1, 0.15) is 5.82 Å². The molecule has 0 radical (unpaired) electrons. The molecule has 0 unspecified atom stereocenters. The van der Waals surface area contributed by atoms with Gasteiger partial charge < -0.3 is 16.2 Å². The second kappa shape index (κ2) is 4.75. The SMILES string of the molecule is C[C@@H](CO)NC(=O)c1cc(F)ccc1N. The molecular weight excluding hydrogens is 199 g/mol. The predicted octanol–water partition coefficient (Wildman–Crippen LogP) is 0.519. The molecule has 1 atom stereocenters. The number of nitrogens with two attached hydrogens (primary N) is 1. The summed E-state index contributed by atoms with van der Waals surface area (Å²) in [6, 6.07) is 3.18. The molecule has 1 aromatic carbocycles. The second-order valence-electron chi connectivity index (χ2n) is 3.29. The quantitative estimate of drug-likeness (QED) is 0.639. The van der Waals surface area contributed by atoms with E-state index in [4.69, 9.17) is 10.8 Å². The first-order valence-electron chi connectivity index (χ1n) is 4.51. The summed E-state index contributed by atoms with van der Waals surface area (Å²) >= 11 is 0. The fraction of sp³-hybridized carbons (Fsp3) is 0.300. The van der Waals surface area contributed by atoms with Crippen molar-refractivity contribution in [3.8, 4) is 0 Å². The highest BCUT2D eigenvalue weighted by Crippen LogP contribution is 2.13. The van der Waals surface area contributed by atoms with Crippen molar-refractivity contribution in [1.29, 1.82) is 0 Å². The van der Waals surface area contributed by atoms with E-state index < -0.39 is 11.7 Å². The highest BCUT2D eigenvalue weighted by molar-refractivity contribution is 5.99. The number of carbonyl (C=O) groups is 1. The van der Waals surface area contributed by atoms with Crippen molar-refractivity contribution in [3.63, 3.8) is 0 Å². The number of aliphatic hydroxyl groups excluding tert-OH is 1. The van der Waals surface area contributed by atoms with Gasteiger partial charge in [-0.25, -0.2) is 4.39 Å². The van der Waals surface area contributed by atoms with Crippen molar-refractivity contribution in [3.05, 3.63) is 29.6 Å². The molecule has 0 saturated carbocycles. The molecule has 0 aliphatic carbocycles. The van der Waals surface area contributed by atoms with Crippen LogP contribution in [0, 0.1) is 5.82 Å². The van der Waals surface area contributed by atoms with E-state index in [2.05, 4.69) is 5.32 Å². The van der Waals surface area contributed by atoms with Crippen LogP contribution in [-0.4, -0.2) is 23.7 Å². The van der Waals surface area contributed by atoms with E-state index in [-0.39, 0.29) is 23.9 Å². The normalized spacial score (nSPS) is 12.2. The Morgan fingerprint density at radius 2 is 2.33 bits per heavy atom. The van der Waals surface area contributed by atoms with Gasteiger partial charge in [0.25, 0.3) is 5.91 Å². The van der Waals surface area contributed by atoms with Gasteiger partial charge in [-0.3, -0.25) is 4.79 Å². The number of carbonyl (C=O) groups excluding carboxylic acids is 1. The van der Waals surface area contributed by atoms with Crippen LogP contribution >= 0.6 is 0 Å². The third-order valence-electron chi connectivity index (χ3n) is 1.91. The third-order valence-corrected chi connectivity index (χ3v) is 1.91. The fourth-order valence-electron chi connectivity index (χ4n) is 1.07. The van der Waals surface area contributed by atoms with Crippen LogP contribution in [0.15, 0.2) is 18.2 Å². The van der Waals surface area contributed by atoms with Crippen molar-refractivity contribution in [1.82, 2.24) is 5.32 Å². The number of hydrogen-bond acceptors (Lipinski definition) is 3. The molecule has 4 N–H and O–H groups in total. The topological polar surface area (TPSA) is 75.3 Å². The maximum Gasteiger partial charge on any atom is 0.253 e. The fourth-order valence-corrected chi connectivity index (χ4v) is 1.07. The summed E-state index contributed by atoms with van der Waals surface area (Å²) < 4.78 is 12.8. The maximum absolute atomic E-state index is 12.8. The lowest BCUT2D eigenvalue weighted by atomic mass is 10.1. The van der Waals surface area contributed by atoms with Gasteiger partial charge in [0.2, 0.25) is 0 Å². The molecule has 4 nitrogen and oxygen atoms in total. The van der Waals surface area contributed by atoms with Crippen LogP contribution in [0.25, 0.3) is 0 Å². The molecule has 0 spiro atoms. The molecule has 1 aromatic rings. The minimum absolute atomic E-state index is 0.0790. The zero-order valence-electron chi connectivity index (χ0n) is 8.33.